The molecule has 1 aromatic rings. The number of esters is 1. The Bertz CT molecular complexity index is 526. The highest BCUT2D eigenvalue weighted by molar-refractivity contribution is 5.81. The standard InChI is InChI=1S/C16H19NO4/c1-11-8-13(11)9-14(15(18)20-2)17-16(19)21-10-12-6-4-3-5-7-12/h3-7,13-14H,1,8-10H2,2H3,(H,17,19)/t13-,14+/m1/s1. The molecule has 0 heterocycles. The topological polar surface area (TPSA) is 64.6 Å². The Labute approximate surface area is 123 Å². The smallest absolute Gasteiger partial charge is 0.408 e. The fourth-order valence-electron chi connectivity index (χ4n) is 2.06. The lowest BCUT2D eigenvalue weighted by Gasteiger charge is -2.16. The van der Waals surface area contributed by atoms with Crippen LogP contribution in [-0.4, -0.2) is 25.2 Å². The summed E-state index contributed by atoms with van der Waals surface area (Å²) in [6.07, 6.45) is 0.778. The van der Waals surface area contributed by atoms with Gasteiger partial charge in [-0.25, -0.2) is 9.59 Å². The Balaban J connectivity index is 1.82. The molecule has 1 fully saturated rings. The summed E-state index contributed by atoms with van der Waals surface area (Å²) in [5.74, 6) is -0.185. The highest BCUT2D eigenvalue weighted by Gasteiger charge is 2.34. The monoisotopic (exact) mass is 289 g/mol. The third kappa shape index (κ3) is 4.63. The summed E-state index contributed by atoms with van der Waals surface area (Å²) in [6, 6.07) is 8.65. The van der Waals surface area contributed by atoms with Gasteiger partial charge in [0.25, 0.3) is 0 Å². The molecule has 2 rings (SSSR count). The minimum Gasteiger partial charge on any atom is -0.467 e. The average molecular weight is 289 g/mol. The molecule has 0 spiro atoms. The van der Waals surface area contributed by atoms with Crippen molar-refractivity contribution in [2.45, 2.75) is 25.5 Å². The van der Waals surface area contributed by atoms with Crippen LogP contribution in [0.15, 0.2) is 42.5 Å². The van der Waals surface area contributed by atoms with Gasteiger partial charge in [-0.1, -0.05) is 42.5 Å². The van der Waals surface area contributed by atoms with Gasteiger partial charge in [0.05, 0.1) is 7.11 Å². The molecule has 1 amide bonds. The van der Waals surface area contributed by atoms with E-state index in [-0.39, 0.29) is 12.5 Å². The molecular formula is C16H19NO4. The molecule has 2 atom stereocenters. The van der Waals surface area contributed by atoms with Gasteiger partial charge in [0, 0.05) is 0 Å². The van der Waals surface area contributed by atoms with Crippen LogP contribution < -0.4 is 5.32 Å². The van der Waals surface area contributed by atoms with Crippen LogP contribution in [0.2, 0.25) is 0 Å². The highest BCUT2D eigenvalue weighted by Crippen LogP contribution is 2.39. The van der Waals surface area contributed by atoms with Crippen LogP contribution in [-0.2, 0) is 20.9 Å². The number of rotatable bonds is 6. The summed E-state index contributed by atoms with van der Waals surface area (Å²) >= 11 is 0. The maximum absolute atomic E-state index is 11.8. The van der Waals surface area contributed by atoms with E-state index in [1.165, 1.54) is 7.11 Å². The number of hydrogen-bond donors (Lipinski definition) is 1. The fraction of sp³-hybridized carbons (Fsp3) is 0.375. The van der Waals surface area contributed by atoms with E-state index in [1.54, 1.807) is 0 Å². The van der Waals surface area contributed by atoms with E-state index in [9.17, 15) is 9.59 Å². The number of allylic oxidation sites excluding steroid dienone is 1. The lowest BCUT2D eigenvalue weighted by Crippen LogP contribution is -2.42. The molecule has 1 aromatic carbocycles. The molecule has 5 nitrogen and oxygen atoms in total. The first-order chi connectivity index (χ1) is 10.1. The first-order valence-corrected chi connectivity index (χ1v) is 6.83. The number of methoxy groups -OCH3 is 1. The lowest BCUT2D eigenvalue weighted by molar-refractivity contribution is -0.143. The molecular weight excluding hydrogens is 270 g/mol. The summed E-state index contributed by atoms with van der Waals surface area (Å²) in [6.45, 7) is 4.01. The second-order valence-corrected chi connectivity index (χ2v) is 5.08. The van der Waals surface area contributed by atoms with Crippen molar-refractivity contribution < 1.29 is 19.1 Å². The highest BCUT2D eigenvalue weighted by atomic mass is 16.6. The summed E-state index contributed by atoms with van der Waals surface area (Å²) in [4.78, 5) is 23.4. The molecule has 21 heavy (non-hydrogen) atoms. The number of carbonyl (C=O) groups excluding carboxylic acids is 2. The molecule has 1 aliphatic carbocycles. The number of amides is 1. The number of benzene rings is 1. The Hall–Kier alpha value is -2.30. The molecule has 0 saturated heterocycles. The van der Waals surface area contributed by atoms with Gasteiger partial charge in [0.1, 0.15) is 12.6 Å². The third-order valence-corrected chi connectivity index (χ3v) is 3.44. The summed E-state index contributed by atoms with van der Waals surface area (Å²) in [7, 11) is 1.30. The second kappa shape index (κ2) is 6.92. The van der Waals surface area contributed by atoms with Gasteiger partial charge < -0.3 is 14.8 Å². The van der Waals surface area contributed by atoms with Crippen molar-refractivity contribution in [1.82, 2.24) is 5.32 Å². The molecule has 1 N–H and O–H groups in total. The van der Waals surface area contributed by atoms with E-state index in [1.807, 2.05) is 30.3 Å². The minimum atomic E-state index is -0.692. The van der Waals surface area contributed by atoms with Gasteiger partial charge >= 0.3 is 12.1 Å². The fourth-order valence-corrected chi connectivity index (χ4v) is 2.06. The molecule has 1 saturated carbocycles. The number of nitrogens with one attached hydrogen (secondary N) is 1. The van der Waals surface area contributed by atoms with E-state index < -0.39 is 18.1 Å². The van der Waals surface area contributed by atoms with Crippen molar-refractivity contribution in [3.05, 3.63) is 48.0 Å². The normalized spacial score (nSPS) is 17.8. The number of carbonyl (C=O) groups is 2. The molecule has 1 aliphatic rings. The Morgan fingerprint density at radius 1 is 1.38 bits per heavy atom. The molecule has 0 unspecified atom stereocenters. The van der Waals surface area contributed by atoms with Gasteiger partial charge in [0.15, 0.2) is 0 Å². The first-order valence-electron chi connectivity index (χ1n) is 6.83. The molecule has 5 heteroatoms. The van der Waals surface area contributed by atoms with Crippen LogP contribution >= 0.6 is 0 Å². The van der Waals surface area contributed by atoms with E-state index in [0.717, 1.165) is 17.6 Å². The molecule has 0 aliphatic heterocycles. The van der Waals surface area contributed by atoms with Crippen LogP contribution in [0.4, 0.5) is 4.79 Å². The van der Waals surface area contributed by atoms with Crippen LogP contribution in [0, 0.1) is 5.92 Å². The largest absolute Gasteiger partial charge is 0.467 e. The van der Waals surface area contributed by atoms with Crippen molar-refractivity contribution in [3.63, 3.8) is 0 Å². The van der Waals surface area contributed by atoms with E-state index in [0.29, 0.717) is 6.42 Å². The van der Waals surface area contributed by atoms with Crippen molar-refractivity contribution >= 4 is 12.1 Å². The molecule has 112 valence electrons. The minimum absolute atomic E-state index is 0.163. The van der Waals surface area contributed by atoms with Crippen molar-refractivity contribution in [2.75, 3.05) is 7.11 Å². The summed E-state index contributed by atoms with van der Waals surface area (Å²) in [5, 5.41) is 2.55. The molecule has 0 radical (unpaired) electrons. The predicted molar refractivity (Wildman–Crippen MR) is 77.4 cm³/mol. The van der Waals surface area contributed by atoms with Crippen LogP contribution in [0.3, 0.4) is 0 Å². The maximum atomic E-state index is 11.8. The Kier molecular flexibility index (Phi) is 4.98. The zero-order chi connectivity index (χ0) is 15.2. The van der Waals surface area contributed by atoms with Crippen LogP contribution in [0.1, 0.15) is 18.4 Å². The zero-order valence-electron chi connectivity index (χ0n) is 12.0. The number of hydrogen-bond acceptors (Lipinski definition) is 4. The van der Waals surface area contributed by atoms with E-state index in [2.05, 4.69) is 11.9 Å². The van der Waals surface area contributed by atoms with Gasteiger partial charge in [-0.05, 0) is 24.3 Å². The zero-order valence-corrected chi connectivity index (χ0v) is 12.0. The lowest BCUT2D eigenvalue weighted by atomic mass is 10.1. The molecule has 0 aromatic heterocycles. The molecule has 0 bridgehead atoms. The second-order valence-electron chi connectivity index (χ2n) is 5.08. The van der Waals surface area contributed by atoms with Crippen molar-refractivity contribution in [2.24, 2.45) is 5.92 Å². The van der Waals surface area contributed by atoms with Gasteiger partial charge in [0.2, 0.25) is 0 Å². The third-order valence-electron chi connectivity index (χ3n) is 3.44. The van der Waals surface area contributed by atoms with Crippen LogP contribution in [0.5, 0.6) is 0 Å². The summed E-state index contributed by atoms with van der Waals surface area (Å²) < 4.78 is 9.80. The number of alkyl carbamates (subject to hydrolysis) is 1. The van der Waals surface area contributed by atoms with Gasteiger partial charge in [-0.3, -0.25) is 0 Å². The average Bonchev–Trinajstić information content (AvgIpc) is 3.20. The first kappa shape index (κ1) is 15.1. The number of ether oxygens (including phenoxy) is 2. The van der Waals surface area contributed by atoms with Crippen molar-refractivity contribution in [3.8, 4) is 0 Å². The Morgan fingerprint density at radius 3 is 2.62 bits per heavy atom. The van der Waals surface area contributed by atoms with E-state index in [4.69, 9.17) is 9.47 Å². The maximum Gasteiger partial charge on any atom is 0.408 e. The van der Waals surface area contributed by atoms with E-state index >= 15 is 0 Å². The van der Waals surface area contributed by atoms with Crippen molar-refractivity contribution in [1.29, 1.82) is 0 Å². The quantitative estimate of drug-likeness (QED) is 0.645. The van der Waals surface area contributed by atoms with Gasteiger partial charge in [-0.15, -0.1) is 0 Å². The predicted octanol–water partition coefficient (Wildman–Crippen LogP) is 2.42. The summed E-state index contributed by atoms with van der Waals surface area (Å²) in [5.41, 5.74) is 1.99. The van der Waals surface area contributed by atoms with Gasteiger partial charge in [-0.2, -0.15) is 0 Å². The SMILES string of the molecule is C=C1C[C@@H]1C[C@H](NC(=O)OCc1ccccc1)C(=O)OC. The van der Waals surface area contributed by atoms with Crippen LogP contribution in [0.25, 0.3) is 0 Å². The Morgan fingerprint density at radius 2 is 2.05 bits per heavy atom.